The molecule has 1 aromatic rings. The minimum Gasteiger partial charge on any atom is -0.462 e. The van der Waals surface area contributed by atoms with Crippen LogP contribution >= 0.6 is 0 Å². The van der Waals surface area contributed by atoms with Gasteiger partial charge in [-0.2, -0.15) is 0 Å². The fourth-order valence-corrected chi connectivity index (χ4v) is 1.83. The fraction of sp³-hybridized carbons (Fsp3) is 0.500. The lowest BCUT2D eigenvalue weighted by Crippen LogP contribution is -2.10. The Bertz CT molecular complexity index is 546. The molecule has 21 heavy (non-hydrogen) atoms. The molecule has 1 aromatic heterocycles. The molecule has 0 aliphatic rings. The molecule has 0 aliphatic carbocycles. The second-order valence-electron chi connectivity index (χ2n) is 4.20. The number of rotatable bonds is 6. The largest absolute Gasteiger partial charge is 0.462 e. The topological polar surface area (TPSA) is 94.7 Å². The summed E-state index contributed by atoms with van der Waals surface area (Å²) in [4.78, 5) is 37.5. The number of esters is 3. The van der Waals surface area contributed by atoms with E-state index in [0.717, 1.165) is 0 Å². The summed E-state index contributed by atoms with van der Waals surface area (Å²) >= 11 is 0. The molecule has 0 radical (unpaired) electrons. The molecule has 0 amide bonds. The molecule has 0 spiro atoms. The summed E-state index contributed by atoms with van der Waals surface area (Å²) in [7, 11) is 0. The lowest BCUT2D eigenvalue weighted by molar-refractivity contribution is -0.142. The second-order valence-corrected chi connectivity index (χ2v) is 4.20. The van der Waals surface area contributed by atoms with Crippen molar-refractivity contribution in [3.8, 4) is 0 Å². The van der Waals surface area contributed by atoms with Gasteiger partial charge < -0.3 is 19.2 Å². The van der Waals surface area contributed by atoms with Crippen LogP contribution in [0.4, 0.5) is 0 Å². The molecule has 116 valence electrons. The van der Waals surface area contributed by atoms with Crippen molar-refractivity contribution in [3.63, 3.8) is 0 Å². The summed E-state index contributed by atoms with van der Waals surface area (Å²) in [6.07, 6.45) is 0. The van der Waals surface area contributed by atoms with E-state index in [2.05, 4.69) is 4.98 Å². The highest BCUT2D eigenvalue weighted by Crippen LogP contribution is 2.21. The maximum absolute atomic E-state index is 12.0. The van der Waals surface area contributed by atoms with Crippen LogP contribution in [0.15, 0.2) is 0 Å². The molecule has 1 rings (SSSR count). The predicted octanol–water partition coefficient (Wildman–Crippen LogP) is 1.74. The molecule has 0 fully saturated rings. The van der Waals surface area contributed by atoms with Crippen molar-refractivity contribution in [2.45, 2.75) is 34.3 Å². The quantitative estimate of drug-likeness (QED) is 0.635. The van der Waals surface area contributed by atoms with Crippen LogP contribution in [0.25, 0.3) is 0 Å². The van der Waals surface area contributed by atoms with Crippen LogP contribution in [0.1, 0.15) is 52.9 Å². The van der Waals surface area contributed by atoms with E-state index in [1.54, 1.807) is 20.8 Å². The van der Waals surface area contributed by atoms with Crippen molar-refractivity contribution in [1.82, 2.24) is 4.98 Å². The van der Waals surface area contributed by atoms with Crippen LogP contribution in [-0.2, 0) is 25.6 Å². The summed E-state index contributed by atoms with van der Waals surface area (Å²) in [6, 6.07) is 0. The first-order valence-electron chi connectivity index (χ1n) is 6.61. The summed E-state index contributed by atoms with van der Waals surface area (Å²) in [5.74, 6) is -1.65. The molecule has 0 aliphatic heterocycles. The van der Waals surface area contributed by atoms with Gasteiger partial charge >= 0.3 is 17.9 Å². The maximum Gasteiger partial charge on any atom is 0.355 e. The number of aromatic amines is 1. The first-order chi connectivity index (χ1) is 9.92. The Morgan fingerprint density at radius 2 is 1.57 bits per heavy atom. The first-order valence-corrected chi connectivity index (χ1v) is 6.61. The van der Waals surface area contributed by atoms with Gasteiger partial charge in [-0.1, -0.05) is 0 Å². The molecule has 0 saturated heterocycles. The highest BCUT2D eigenvalue weighted by atomic mass is 16.5. The average Bonchev–Trinajstić information content (AvgIpc) is 2.74. The van der Waals surface area contributed by atoms with Gasteiger partial charge in [-0.15, -0.1) is 0 Å². The number of hydrogen-bond acceptors (Lipinski definition) is 6. The van der Waals surface area contributed by atoms with Crippen LogP contribution < -0.4 is 0 Å². The van der Waals surface area contributed by atoms with Crippen molar-refractivity contribution in [2.75, 3.05) is 13.2 Å². The number of nitrogens with one attached hydrogen (secondary N) is 1. The second kappa shape index (κ2) is 7.47. The van der Waals surface area contributed by atoms with Crippen molar-refractivity contribution in [2.24, 2.45) is 0 Å². The molecular weight excluding hydrogens is 278 g/mol. The van der Waals surface area contributed by atoms with Crippen molar-refractivity contribution < 1.29 is 28.6 Å². The third-order valence-electron chi connectivity index (χ3n) is 2.71. The van der Waals surface area contributed by atoms with Gasteiger partial charge in [-0.25, -0.2) is 9.59 Å². The van der Waals surface area contributed by atoms with Crippen LogP contribution in [0.2, 0.25) is 0 Å². The van der Waals surface area contributed by atoms with E-state index >= 15 is 0 Å². The Labute approximate surface area is 122 Å². The van der Waals surface area contributed by atoms with Crippen LogP contribution in [0, 0.1) is 6.92 Å². The molecule has 0 unspecified atom stereocenters. The number of ether oxygens (including phenoxy) is 3. The van der Waals surface area contributed by atoms with Gasteiger partial charge in [0, 0.05) is 6.92 Å². The van der Waals surface area contributed by atoms with E-state index in [-0.39, 0.29) is 31.1 Å². The molecule has 0 atom stereocenters. The van der Waals surface area contributed by atoms with Gasteiger partial charge in [0.15, 0.2) is 0 Å². The van der Waals surface area contributed by atoms with E-state index < -0.39 is 17.9 Å². The highest BCUT2D eigenvalue weighted by Gasteiger charge is 2.25. The minimum absolute atomic E-state index is 0.149. The van der Waals surface area contributed by atoms with E-state index in [1.165, 1.54) is 6.92 Å². The van der Waals surface area contributed by atoms with Gasteiger partial charge in [-0.05, 0) is 26.3 Å². The lowest BCUT2D eigenvalue weighted by Gasteiger charge is -2.05. The lowest BCUT2D eigenvalue weighted by atomic mass is 10.1. The third-order valence-corrected chi connectivity index (χ3v) is 2.71. The SMILES string of the molecule is CCOC(=O)c1[nH]c(COC(C)=O)c(C(=O)OCC)c1C. The standard InChI is InChI=1S/C14H19NO6/c1-5-19-13(17)11-8(3)12(14(18)20-6-2)15-10(11)7-21-9(4)16/h15H,5-7H2,1-4H3. The zero-order valence-corrected chi connectivity index (χ0v) is 12.6. The van der Waals surface area contributed by atoms with Crippen LogP contribution in [-0.4, -0.2) is 36.1 Å². The minimum atomic E-state index is -0.580. The van der Waals surface area contributed by atoms with E-state index in [1.807, 2.05) is 0 Å². The number of carbonyl (C=O) groups excluding carboxylic acids is 3. The van der Waals surface area contributed by atoms with E-state index in [0.29, 0.717) is 11.3 Å². The zero-order valence-electron chi connectivity index (χ0n) is 12.6. The summed E-state index contributed by atoms with van der Waals surface area (Å²) in [5, 5.41) is 0. The first kappa shape index (κ1) is 16.7. The normalized spacial score (nSPS) is 10.1. The van der Waals surface area contributed by atoms with Crippen LogP contribution in [0.3, 0.4) is 0 Å². The molecule has 0 saturated carbocycles. The van der Waals surface area contributed by atoms with Crippen molar-refractivity contribution in [3.05, 3.63) is 22.5 Å². The van der Waals surface area contributed by atoms with Gasteiger partial charge in [0.1, 0.15) is 12.3 Å². The third kappa shape index (κ3) is 4.08. The molecule has 1 N–H and O–H groups in total. The molecule has 1 heterocycles. The monoisotopic (exact) mass is 297 g/mol. The maximum atomic E-state index is 12.0. The Kier molecular flexibility index (Phi) is 5.95. The highest BCUT2D eigenvalue weighted by molar-refractivity contribution is 5.98. The summed E-state index contributed by atoms with van der Waals surface area (Å²) < 4.78 is 14.7. The predicted molar refractivity (Wildman–Crippen MR) is 72.9 cm³/mol. The Morgan fingerprint density at radius 1 is 1.00 bits per heavy atom. The van der Waals surface area contributed by atoms with Gasteiger partial charge in [0.25, 0.3) is 0 Å². The molecular formula is C14H19NO6. The number of hydrogen-bond donors (Lipinski definition) is 1. The fourth-order valence-electron chi connectivity index (χ4n) is 1.83. The molecule has 7 heteroatoms. The Balaban J connectivity index is 3.19. The Morgan fingerprint density at radius 3 is 2.10 bits per heavy atom. The molecule has 7 nitrogen and oxygen atoms in total. The van der Waals surface area contributed by atoms with E-state index in [4.69, 9.17) is 14.2 Å². The number of aromatic nitrogens is 1. The smallest absolute Gasteiger partial charge is 0.355 e. The van der Waals surface area contributed by atoms with Gasteiger partial charge in [0.05, 0.1) is 24.5 Å². The average molecular weight is 297 g/mol. The van der Waals surface area contributed by atoms with Crippen LogP contribution in [0.5, 0.6) is 0 Å². The summed E-state index contributed by atoms with van der Waals surface area (Å²) in [5.41, 5.74) is 1.07. The Hall–Kier alpha value is -2.31. The molecule has 0 bridgehead atoms. The number of carbonyl (C=O) groups is 3. The summed E-state index contributed by atoms with van der Waals surface area (Å²) in [6.45, 7) is 6.48. The van der Waals surface area contributed by atoms with Crippen molar-refractivity contribution >= 4 is 17.9 Å². The number of H-pyrrole nitrogens is 1. The van der Waals surface area contributed by atoms with Gasteiger partial charge in [0.2, 0.25) is 0 Å². The van der Waals surface area contributed by atoms with E-state index in [9.17, 15) is 14.4 Å². The molecule has 0 aromatic carbocycles. The zero-order chi connectivity index (χ0) is 16.0. The van der Waals surface area contributed by atoms with Crippen molar-refractivity contribution in [1.29, 1.82) is 0 Å². The van der Waals surface area contributed by atoms with Gasteiger partial charge in [-0.3, -0.25) is 4.79 Å².